The highest BCUT2D eigenvalue weighted by molar-refractivity contribution is 4.79. The summed E-state index contributed by atoms with van der Waals surface area (Å²) in [5.41, 5.74) is 0. The molecule has 4 heteroatoms. The summed E-state index contributed by atoms with van der Waals surface area (Å²) in [6.45, 7) is 3.14. The van der Waals surface area contributed by atoms with Crippen molar-refractivity contribution in [1.29, 1.82) is 5.26 Å². The average Bonchev–Trinajstić information content (AvgIpc) is 2.17. The molecule has 0 aromatic rings. The molecule has 0 fully saturated rings. The van der Waals surface area contributed by atoms with E-state index in [0.29, 0.717) is 19.4 Å². The molecule has 0 aliphatic heterocycles. The fourth-order valence-electron chi connectivity index (χ4n) is 1.20. The van der Waals surface area contributed by atoms with Crippen LogP contribution in [0.25, 0.3) is 0 Å². The molecule has 0 rings (SSSR count). The molecule has 2 N–H and O–H groups in total. The zero-order valence-corrected chi connectivity index (χ0v) is 8.99. The molecule has 0 aromatic carbocycles. The second-order valence-corrected chi connectivity index (χ2v) is 3.32. The van der Waals surface area contributed by atoms with E-state index in [2.05, 4.69) is 11.4 Å². The Morgan fingerprint density at radius 3 is 2.79 bits per heavy atom. The maximum atomic E-state index is 9.33. The summed E-state index contributed by atoms with van der Waals surface area (Å²) in [7, 11) is 1.57. The number of hydrogen-bond donors (Lipinski definition) is 2. The van der Waals surface area contributed by atoms with Gasteiger partial charge >= 0.3 is 0 Å². The molecule has 4 nitrogen and oxygen atoms in total. The molecule has 0 heterocycles. The van der Waals surface area contributed by atoms with Gasteiger partial charge in [-0.3, -0.25) is 0 Å². The van der Waals surface area contributed by atoms with Gasteiger partial charge in [0.2, 0.25) is 0 Å². The van der Waals surface area contributed by atoms with E-state index in [4.69, 9.17) is 10.00 Å². The smallest absolute Gasteiger partial charge is 0.0785 e. The lowest BCUT2D eigenvalue weighted by Gasteiger charge is -2.15. The van der Waals surface area contributed by atoms with Gasteiger partial charge in [0.05, 0.1) is 25.2 Å². The van der Waals surface area contributed by atoms with Gasteiger partial charge < -0.3 is 15.2 Å². The van der Waals surface area contributed by atoms with Crippen LogP contribution in [-0.4, -0.2) is 37.5 Å². The lowest BCUT2D eigenvalue weighted by molar-refractivity contribution is 0.0590. The van der Waals surface area contributed by atoms with E-state index in [9.17, 15) is 5.11 Å². The van der Waals surface area contributed by atoms with Gasteiger partial charge in [0.15, 0.2) is 0 Å². The van der Waals surface area contributed by atoms with Crippen LogP contribution >= 0.6 is 0 Å². The van der Waals surface area contributed by atoms with Crippen LogP contribution in [0, 0.1) is 11.3 Å². The van der Waals surface area contributed by atoms with Crippen molar-refractivity contribution < 1.29 is 9.84 Å². The number of ether oxygens (including phenoxy) is 1. The molecular formula is C10H20N2O2. The van der Waals surface area contributed by atoms with Gasteiger partial charge in [-0.15, -0.1) is 0 Å². The average molecular weight is 200 g/mol. The molecule has 2 unspecified atom stereocenters. The number of nitriles is 1. The van der Waals surface area contributed by atoms with Crippen LogP contribution in [0.1, 0.15) is 26.2 Å². The molecule has 0 aliphatic rings. The molecule has 0 saturated carbocycles. The van der Waals surface area contributed by atoms with Crippen LogP contribution in [0.5, 0.6) is 0 Å². The Morgan fingerprint density at radius 2 is 2.29 bits per heavy atom. The van der Waals surface area contributed by atoms with E-state index in [0.717, 1.165) is 13.0 Å². The largest absolute Gasteiger partial charge is 0.391 e. The van der Waals surface area contributed by atoms with E-state index in [-0.39, 0.29) is 6.04 Å². The van der Waals surface area contributed by atoms with E-state index >= 15 is 0 Å². The van der Waals surface area contributed by atoms with Crippen molar-refractivity contribution in [3.63, 3.8) is 0 Å². The van der Waals surface area contributed by atoms with Gasteiger partial charge in [-0.2, -0.15) is 5.26 Å². The fourth-order valence-corrected chi connectivity index (χ4v) is 1.20. The maximum absolute atomic E-state index is 9.33. The summed E-state index contributed by atoms with van der Waals surface area (Å²) in [5, 5.41) is 21.1. The Balaban J connectivity index is 3.46. The van der Waals surface area contributed by atoms with Crippen molar-refractivity contribution in [3.8, 4) is 6.07 Å². The molecular weight excluding hydrogens is 180 g/mol. The zero-order chi connectivity index (χ0) is 10.8. The van der Waals surface area contributed by atoms with Gasteiger partial charge in [-0.25, -0.2) is 0 Å². The number of aliphatic hydroxyl groups excluding tert-OH is 1. The highest BCUT2D eigenvalue weighted by Crippen LogP contribution is 1.97. The van der Waals surface area contributed by atoms with Crippen LogP contribution in [-0.2, 0) is 4.74 Å². The molecule has 14 heavy (non-hydrogen) atoms. The number of nitrogens with one attached hydrogen (secondary N) is 1. The SMILES string of the molecule is CCC(CC#N)NCCC(O)COC. The predicted molar refractivity (Wildman–Crippen MR) is 54.8 cm³/mol. The monoisotopic (exact) mass is 200 g/mol. The zero-order valence-electron chi connectivity index (χ0n) is 8.99. The number of aliphatic hydroxyl groups is 1. The van der Waals surface area contributed by atoms with E-state index in [1.165, 1.54) is 0 Å². The van der Waals surface area contributed by atoms with Gasteiger partial charge in [-0.1, -0.05) is 6.92 Å². The Labute approximate surface area is 85.9 Å². The number of hydrogen-bond acceptors (Lipinski definition) is 4. The molecule has 0 saturated heterocycles. The highest BCUT2D eigenvalue weighted by atomic mass is 16.5. The normalized spacial score (nSPS) is 14.7. The van der Waals surface area contributed by atoms with Crippen molar-refractivity contribution in [2.24, 2.45) is 0 Å². The maximum Gasteiger partial charge on any atom is 0.0785 e. The van der Waals surface area contributed by atoms with Crippen molar-refractivity contribution in [2.75, 3.05) is 20.3 Å². The van der Waals surface area contributed by atoms with Gasteiger partial charge in [-0.05, 0) is 19.4 Å². The number of methoxy groups -OCH3 is 1. The van der Waals surface area contributed by atoms with Crippen LogP contribution in [0.15, 0.2) is 0 Å². The Morgan fingerprint density at radius 1 is 1.57 bits per heavy atom. The van der Waals surface area contributed by atoms with E-state index in [1.807, 2.05) is 6.92 Å². The van der Waals surface area contributed by atoms with Crippen molar-refractivity contribution in [3.05, 3.63) is 0 Å². The molecule has 0 amide bonds. The lowest BCUT2D eigenvalue weighted by atomic mass is 10.1. The highest BCUT2D eigenvalue weighted by Gasteiger charge is 2.06. The minimum Gasteiger partial charge on any atom is -0.391 e. The fraction of sp³-hybridized carbons (Fsp3) is 0.900. The van der Waals surface area contributed by atoms with Crippen molar-refractivity contribution in [1.82, 2.24) is 5.32 Å². The summed E-state index contributed by atoms with van der Waals surface area (Å²) in [4.78, 5) is 0. The standard InChI is InChI=1S/C10H20N2O2/c1-3-9(4-6-11)12-7-5-10(13)8-14-2/h9-10,12-13H,3-5,7-8H2,1-2H3. The predicted octanol–water partition coefficient (Wildman–Crippen LogP) is 0.666. The van der Waals surface area contributed by atoms with Crippen LogP contribution in [0.3, 0.4) is 0 Å². The third kappa shape index (κ3) is 6.84. The first-order valence-corrected chi connectivity index (χ1v) is 5.01. The van der Waals surface area contributed by atoms with Crippen molar-refractivity contribution >= 4 is 0 Å². The quantitative estimate of drug-likeness (QED) is 0.604. The summed E-state index contributed by atoms with van der Waals surface area (Å²) in [5.74, 6) is 0. The third-order valence-electron chi connectivity index (χ3n) is 2.10. The third-order valence-corrected chi connectivity index (χ3v) is 2.10. The second kappa shape index (κ2) is 8.95. The minimum atomic E-state index is -0.410. The first-order valence-electron chi connectivity index (χ1n) is 5.01. The summed E-state index contributed by atoms with van der Waals surface area (Å²) < 4.78 is 4.80. The topological polar surface area (TPSA) is 65.3 Å². The van der Waals surface area contributed by atoms with Gasteiger partial charge in [0.25, 0.3) is 0 Å². The summed E-state index contributed by atoms with van der Waals surface area (Å²) in [6, 6.07) is 2.38. The second-order valence-electron chi connectivity index (χ2n) is 3.32. The Kier molecular flexibility index (Phi) is 8.54. The molecule has 0 aliphatic carbocycles. The Bertz CT molecular complexity index is 168. The molecule has 82 valence electrons. The summed E-state index contributed by atoms with van der Waals surface area (Å²) in [6.07, 6.45) is 1.72. The first kappa shape index (κ1) is 13.4. The summed E-state index contributed by atoms with van der Waals surface area (Å²) >= 11 is 0. The molecule has 0 aromatic heterocycles. The number of nitrogens with zero attached hydrogens (tertiary/aromatic N) is 1. The number of rotatable bonds is 8. The minimum absolute atomic E-state index is 0.245. The Hall–Kier alpha value is -0.630. The van der Waals surface area contributed by atoms with E-state index < -0.39 is 6.10 Å². The van der Waals surface area contributed by atoms with Crippen molar-refractivity contribution in [2.45, 2.75) is 38.3 Å². The molecule has 0 spiro atoms. The molecule has 0 bridgehead atoms. The molecule has 0 radical (unpaired) electrons. The van der Waals surface area contributed by atoms with E-state index in [1.54, 1.807) is 7.11 Å². The van der Waals surface area contributed by atoms with Gasteiger partial charge in [0, 0.05) is 13.2 Å². The van der Waals surface area contributed by atoms with Gasteiger partial charge in [0.1, 0.15) is 0 Å². The van der Waals surface area contributed by atoms with Crippen LogP contribution < -0.4 is 5.32 Å². The van der Waals surface area contributed by atoms with Crippen LogP contribution in [0.2, 0.25) is 0 Å². The first-order chi connectivity index (χ1) is 6.74. The lowest BCUT2D eigenvalue weighted by Crippen LogP contribution is -2.31. The van der Waals surface area contributed by atoms with Crippen LogP contribution in [0.4, 0.5) is 0 Å². The molecule has 2 atom stereocenters.